The second-order valence-electron chi connectivity index (χ2n) is 8.40. The fourth-order valence-electron chi connectivity index (χ4n) is 4.67. The Kier molecular flexibility index (Phi) is 6.99. The van der Waals surface area contributed by atoms with Crippen molar-refractivity contribution in [2.45, 2.75) is 55.6 Å². The normalized spacial score (nSPS) is 23.9. The van der Waals surface area contributed by atoms with Gasteiger partial charge in [-0.05, 0) is 43.9 Å². The van der Waals surface area contributed by atoms with Gasteiger partial charge in [0.15, 0.2) is 0 Å². The van der Waals surface area contributed by atoms with E-state index in [9.17, 15) is 13.2 Å². The van der Waals surface area contributed by atoms with Crippen LogP contribution in [0.2, 0.25) is 5.02 Å². The lowest BCUT2D eigenvalue weighted by molar-refractivity contribution is 0.0573. The Bertz CT molecular complexity index is 859. The molecule has 2 heterocycles. The maximum absolute atomic E-state index is 13.0. The topological polar surface area (TPSA) is 78.9 Å². The van der Waals surface area contributed by atoms with E-state index in [1.807, 2.05) is 4.90 Å². The fraction of sp³-hybridized carbons (Fsp3) is 0.667. The molecule has 1 saturated carbocycles. The Morgan fingerprint density at radius 3 is 2.50 bits per heavy atom. The molecule has 1 amide bonds. The molecule has 1 aromatic carbocycles. The van der Waals surface area contributed by atoms with Crippen molar-refractivity contribution in [3.05, 3.63) is 28.8 Å². The highest BCUT2D eigenvalue weighted by atomic mass is 35.5. The van der Waals surface area contributed by atoms with Crippen molar-refractivity contribution in [1.29, 1.82) is 0 Å². The van der Waals surface area contributed by atoms with Gasteiger partial charge >= 0.3 is 0 Å². The zero-order valence-corrected chi connectivity index (χ0v) is 18.8. The molecule has 0 spiro atoms. The second kappa shape index (κ2) is 9.53. The minimum Gasteiger partial charge on any atom is -0.377 e. The van der Waals surface area contributed by atoms with Gasteiger partial charge in [-0.3, -0.25) is 9.69 Å². The third kappa shape index (κ3) is 4.99. The molecule has 9 heteroatoms. The lowest BCUT2D eigenvalue weighted by Gasteiger charge is -2.38. The van der Waals surface area contributed by atoms with E-state index in [0.717, 1.165) is 25.9 Å². The van der Waals surface area contributed by atoms with Crippen LogP contribution < -0.4 is 4.72 Å². The molecule has 3 aliphatic rings. The Morgan fingerprint density at radius 2 is 1.83 bits per heavy atom. The second-order valence-corrected chi connectivity index (χ2v) is 10.5. The predicted octanol–water partition coefficient (Wildman–Crippen LogP) is 2.50. The molecule has 2 aliphatic heterocycles. The molecule has 0 radical (unpaired) electrons. The summed E-state index contributed by atoms with van der Waals surface area (Å²) in [6.45, 7) is 3.94. The van der Waals surface area contributed by atoms with Gasteiger partial charge < -0.3 is 9.64 Å². The number of ether oxygens (including phenoxy) is 1. The molecule has 3 fully saturated rings. The van der Waals surface area contributed by atoms with Gasteiger partial charge in [-0.2, -0.15) is 0 Å². The van der Waals surface area contributed by atoms with Crippen molar-refractivity contribution in [2.24, 2.45) is 0 Å². The number of amides is 1. The summed E-state index contributed by atoms with van der Waals surface area (Å²) in [5, 5.41) is 0.109. The molecule has 0 aromatic heterocycles. The summed E-state index contributed by atoms with van der Waals surface area (Å²) in [5.74, 6) is -0.145. The number of rotatable bonds is 6. The summed E-state index contributed by atoms with van der Waals surface area (Å²) in [4.78, 5) is 17.3. The maximum Gasteiger partial charge on any atom is 0.253 e. The average Bonchev–Trinajstić information content (AvgIpc) is 3.46. The van der Waals surface area contributed by atoms with Gasteiger partial charge in [0.05, 0.1) is 11.1 Å². The van der Waals surface area contributed by atoms with E-state index < -0.39 is 10.0 Å². The number of nitrogens with one attached hydrogen (secondary N) is 1. The molecule has 1 aromatic rings. The van der Waals surface area contributed by atoms with E-state index >= 15 is 0 Å². The smallest absolute Gasteiger partial charge is 0.253 e. The Labute approximate surface area is 183 Å². The highest BCUT2D eigenvalue weighted by Gasteiger charge is 2.29. The van der Waals surface area contributed by atoms with Crippen LogP contribution in [-0.2, 0) is 14.8 Å². The van der Waals surface area contributed by atoms with E-state index in [0.29, 0.717) is 31.3 Å². The lowest BCUT2D eigenvalue weighted by Crippen LogP contribution is -2.51. The van der Waals surface area contributed by atoms with Gasteiger partial charge in [0.1, 0.15) is 4.90 Å². The number of nitrogens with zero attached hydrogens (tertiary/aromatic N) is 2. The third-order valence-corrected chi connectivity index (χ3v) is 8.34. The number of carbonyl (C=O) groups excluding carboxylic acids is 1. The van der Waals surface area contributed by atoms with Crippen LogP contribution in [-0.4, -0.2) is 75.6 Å². The fourth-order valence-corrected chi connectivity index (χ4v) is 6.26. The van der Waals surface area contributed by atoms with Crippen molar-refractivity contribution in [1.82, 2.24) is 14.5 Å². The molecule has 0 bridgehead atoms. The molecule has 4 rings (SSSR count). The number of hydrogen-bond acceptors (Lipinski definition) is 5. The number of hydrogen-bond donors (Lipinski definition) is 1. The Morgan fingerprint density at radius 1 is 1.10 bits per heavy atom. The van der Waals surface area contributed by atoms with E-state index in [4.69, 9.17) is 16.3 Å². The first-order valence-corrected chi connectivity index (χ1v) is 12.7. The van der Waals surface area contributed by atoms with Crippen LogP contribution in [0.3, 0.4) is 0 Å². The number of halogens is 1. The van der Waals surface area contributed by atoms with Crippen molar-refractivity contribution in [3.8, 4) is 0 Å². The van der Waals surface area contributed by atoms with Crippen molar-refractivity contribution in [3.63, 3.8) is 0 Å². The zero-order valence-electron chi connectivity index (χ0n) is 17.2. The van der Waals surface area contributed by atoms with Gasteiger partial charge in [-0.15, -0.1) is 0 Å². The van der Waals surface area contributed by atoms with Crippen LogP contribution >= 0.6 is 11.6 Å². The van der Waals surface area contributed by atoms with Gasteiger partial charge in [-0.25, -0.2) is 13.1 Å². The molecule has 166 valence electrons. The summed E-state index contributed by atoms with van der Waals surface area (Å²) in [6.07, 6.45) is 6.77. The largest absolute Gasteiger partial charge is 0.377 e. The van der Waals surface area contributed by atoms with Crippen molar-refractivity contribution in [2.75, 3.05) is 39.3 Å². The number of benzene rings is 1. The molecule has 1 aliphatic carbocycles. The quantitative estimate of drug-likeness (QED) is 0.713. The minimum absolute atomic E-state index is 0.0578. The van der Waals surface area contributed by atoms with Crippen LogP contribution in [0.25, 0.3) is 0 Å². The summed E-state index contributed by atoms with van der Waals surface area (Å²) in [6, 6.07) is 5.15. The molecule has 1 atom stereocenters. The molecular formula is C21H30ClN3O4S. The highest BCUT2D eigenvalue weighted by molar-refractivity contribution is 7.89. The molecule has 1 unspecified atom stereocenters. The van der Waals surface area contributed by atoms with Crippen LogP contribution in [0.4, 0.5) is 0 Å². The van der Waals surface area contributed by atoms with Gasteiger partial charge in [0.25, 0.3) is 5.91 Å². The van der Waals surface area contributed by atoms with Gasteiger partial charge in [0.2, 0.25) is 10.0 Å². The predicted molar refractivity (Wildman–Crippen MR) is 115 cm³/mol. The SMILES string of the molecule is O=C(c1ccc(Cl)c(S(=O)(=O)NCC2CCCO2)c1)N1CCN(C2CCCC2)CC1. The minimum atomic E-state index is -3.83. The summed E-state index contributed by atoms with van der Waals surface area (Å²) in [7, 11) is -3.83. The van der Waals surface area contributed by atoms with Crippen LogP contribution in [0.15, 0.2) is 23.1 Å². The first-order valence-electron chi connectivity index (χ1n) is 10.9. The summed E-state index contributed by atoms with van der Waals surface area (Å²) >= 11 is 6.18. The monoisotopic (exact) mass is 455 g/mol. The number of carbonyl (C=O) groups is 1. The number of sulfonamides is 1. The summed E-state index contributed by atoms with van der Waals surface area (Å²) < 4.78 is 33.6. The van der Waals surface area contributed by atoms with E-state index in [2.05, 4.69) is 9.62 Å². The average molecular weight is 456 g/mol. The van der Waals surface area contributed by atoms with Crippen LogP contribution in [0, 0.1) is 0 Å². The molecule has 1 N–H and O–H groups in total. The number of piperazine rings is 1. The van der Waals surface area contributed by atoms with Crippen LogP contribution in [0.5, 0.6) is 0 Å². The first-order chi connectivity index (χ1) is 14.4. The summed E-state index contributed by atoms with van der Waals surface area (Å²) in [5.41, 5.74) is 0.353. The molecule has 30 heavy (non-hydrogen) atoms. The molecular weight excluding hydrogens is 426 g/mol. The Hall–Kier alpha value is -1.19. The first kappa shape index (κ1) is 22.0. The van der Waals surface area contributed by atoms with Crippen molar-refractivity contribution < 1.29 is 17.9 Å². The molecule has 2 saturated heterocycles. The Balaban J connectivity index is 1.41. The van der Waals surface area contributed by atoms with E-state index in [1.165, 1.54) is 37.8 Å². The zero-order chi connectivity index (χ0) is 21.1. The maximum atomic E-state index is 13.0. The van der Waals surface area contributed by atoms with E-state index in [-0.39, 0.29) is 28.5 Å². The van der Waals surface area contributed by atoms with Gasteiger partial charge in [-0.1, -0.05) is 24.4 Å². The highest BCUT2D eigenvalue weighted by Crippen LogP contribution is 2.26. The third-order valence-electron chi connectivity index (χ3n) is 6.44. The van der Waals surface area contributed by atoms with Crippen molar-refractivity contribution >= 4 is 27.5 Å². The van der Waals surface area contributed by atoms with E-state index in [1.54, 1.807) is 6.07 Å². The van der Waals surface area contributed by atoms with Crippen LogP contribution in [0.1, 0.15) is 48.9 Å². The molecule has 7 nitrogen and oxygen atoms in total. The lowest BCUT2D eigenvalue weighted by atomic mass is 10.1. The standard InChI is InChI=1S/C21H30ClN3O4S/c22-19-8-7-16(14-20(19)30(27,28)23-15-18-6-3-13-29-18)21(26)25-11-9-24(10-12-25)17-4-1-2-5-17/h7-8,14,17-18,23H,1-6,9-13,15H2. The van der Waals surface area contributed by atoms with Gasteiger partial charge in [0, 0.05) is 50.9 Å².